The number of carbonyl (C=O) groups excluding carboxylic acids is 1. The SMILES string of the molecule is COc1ccc(OC)c([C@@H](C)NC(=O)CN(c2cc(Cl)cc(Cl)c2)S(=O)(=O)c2ccccc2)c1. The van der Waals surface area contributed by atoms with Crippen molar-refractivity contribution in [1.82, 2.24) is 5.32 Å². The lowest BCUT2D eigenvalue weighted by Gasteiger charge is -2.26. The molecular weight excluding hydrogens is 499 g/mol. The highest BCUT2D eigenvalue weighted by atomic mass is 35.5. The van der Waals surface area contributed by atoms with Gasteiger partial charge < -0.3 is 14.8 Å². The van der Waals surface area contributed by atoms with E-state index in [1.807, 2.05) is 0 Å². The average molecular weight is 523 g/mol. The third kappa shape index (κ3) is 5.94. The van der Waals surface area contributed by atoms with Crippen LogP contribution < -0.4 is 19.1 Å². The summed E-state index contributed by atoms with van der Waals surface area (Å²) >= 11 is 12.2. The van der Waals surface area contributed by atoms with E-state index in [0.717, 1.165) is 4.31 Å². The molecule has 0 bridgehead atoms. The van der Waals surface area contributed by atoms with Gasteiger partial charge >= 0.3 is 0 Å². The number of halogens is 2. The lowest BCUT2D eigenvalue weighted by molar-refractivity contribution is -0.120. The number of rotatable bonds is 9. The first kappa shape index (κ1) is 25.7. The van der Waals surface area contributed by atoms with Crippen molar-refractivity contribution in [2.45, 2.75) is 17.9 Å². The van der Waals surface area contributed by atoms with E-state index in [0.29, 0.717) is 17.1 Å². The normalized spacial score (nSPS) is 12.0. The van der Waals surface area contributed by atoms with Crippen molar-refractivity contribution in [3.8, 4) is 11.5 Å². The highest BCUT2D eigenvalue weighted by Crippen LogP contribution is 2.31. The summed E-state index contributed by atoms with van der Waals surface area (Å²) in [5.74, 6) is 0.621. The van der Waals surface area contributed by atoms with Crippen LogP contribution >= 0.6 is 23.2 Å². The predicted octanol–water partition coefficient (Wildman–Crippen LogP) is 5.08. The van der Waals surface area contributed by atoms with Gasteiger partial charge in [-0.3, -0.25) is 9.10 Å². The van der Waals surface area contributed by atoms with Crippen LogP contribution in [0.25, 0.3) is 0 Å². The zero-order chi connectivity index (χ0) is 24.9. The minimum absolute atomic E-state index is 0.0291. The number of nitrogens with one attached hydrogen (secondary N) is 1. The molecule has 0 radical (unpaired) electrons. The second kappa shape index (κ2) is 11.0. The summed E-state index contributed by atoms with van der Waals surface area (Å²) in [6.45, 7) is 1.27. The first-order valence-electron chi connectivity index (χ1n) is 10.2. The first-order valence-corrected chi connectivity index (χ1v) is 12.4. The quantitative estimate of drug-likeness (QED) is 0.423. The Morgan fingerprint density at radius 2 is 1.62 bits per heavy atom. The Bertz CT molecular complexity index is 1250. The van der Waals surface area contributed by atoms with Gasteiger partial charge in [-0.1, -0.05) is 41.4 Å². The van der Waals surface area contributed by atoms with Crippen LogP contribution in [0.3, 0.4) is 0 Å². The lowest BCUT2D eigenvalue weighted by Crippen LogP contribution is -2.41. The molecule has 1 N–H and O–H groups in total. The molecule has 3 aromatic carbocycles. The summed E-state index contributed by atoms with van der Waals surface area (Å²) in [7, 11) is -1.03. The van der Waals surface area contributed by atoms with E-state index in [9.17, 15) is 13.2 Å². The molecule has 0 aliphatic rings. The van der Waals surface area contributed by atoms with Gasteiger partial charge in [0.1, 0.15) is 18.0 Å². The third-order valence-corrected chi connectivity index (χ3v) is 7.26. The Hall–Kier alpha value is -2.94. The van der Waals surface area contributed by atoms with Crippen molar-refractivity contribution in [2.75, 3.05) is 25.1 Å². The molecule has 7 nitrogen and oxygen atoms in total. The standard InChI is InChI=1S/C24H24Cl2N2O5S/c1-16(22-14-20(32-2)9-10-23(22)33-3)27-24(29)15-28(19-12-17(25)11-18(26)13-19)34(30,31)21-7-5-4-6-8-21/h4-14,16H,15H2,1-3H3,(H,27,29)/t16-/m1/s1. The Balaban J connectivity index is 1.93. The fourth-order valence-corrected chi connectivity index (χ4v) is 5.33. The predicted molar refractivity (Wildman–Crippen MR) is 134 cm³/mol. The molecule has 180 valence electrons. The van der Waals surface area contributed by atoms with E-state index in [2.05, 4.69) is 5.32 Å². The maximum atomic E-state index is 13.5. The van der Waals surface area contributed by atoms with E-state index in [4.69, 9.17) is 32.7 Å². The summed E-state index contributed by atoms with van der Waals surface area (Å²) in [4.78, 5) is 13.1. The molecule has 3 aromatic rings. The average Bonchev–Trinajstić information content (AvgIpc) is 2.81. The number of anilines is 1. The van der Waals surface area contributed by atoms with Gasteiger partial charge in [0.2, 0.25) is 5.91 Å². The molecule has 0 unspecified atom stereocenters. The summed E-state index contributed by atoms with van der Waals surface area (Å²) in [5.41, 5.74) is 0.849. The zero-order valence-corrected chi connectivity index (χ0v) is 21.1. The van der Waals surface area contributed by atoms with Crippen LogP contribution in [0.4, 0.5) is 5.69 Å². The topological polar surface area (TPSA) is 84.9 Å². The minimum Gasteiger partial charge on any atom is -0.497 e. The first-order chi connectivity index (χ1) is 16.1. The molecule has 3 rings (SSSR count). The van der Waals surface area contributed by atoms with Gasteiger partial charge in [0.15, 0.2) is 0 Å². The molecule has 0 saturated carbocycles. The van der Waals surface area contributed by atoms with E-state index < -0.39 is 28.5 Å². The van der Waals surface area contributed by atoms with E-state index in [-0.39, 0.29) is 20.6 Å². The number of benzene rings is 3. The van der Waals surface area contributed by atoms with Gasteiger partial charge in [0, 0.05) is 15.6 Å². The molecule has 0 spiro atoms. The summed E-state index contributed by atoms with van der Waals surface area (Å²) in [6.07, 6.45) is 0. The monoisotopic (exact) mass is 522 g/mol. The maximum absolute atomic E-state index is 13.5. The number of carbonyl (C=O) groups is 1. The highest BCUT2D eigenvalue weighted by Gasteiger charge is 2.28. The Labute approximate surface area is 209 Å². The second-order valence-electron chi connectivity index (χ2n) is 7.35. The Kier molecular flexibility index (Phi) is 8.30. The molecule has 0 saturated heterocycles. The summed E-state index contributed by atoms with van der Waals surface area (Å²) in [6, 6.07) is 16.9. The van der Waals surface area contributed by atoms with Crippen LogP contribution in [0.5, 0.6) is 11.5 Å². The number of nitrogens with zero attached hydrogens (tertiary/aromatic N) is 1. The highest BCUT2D eigenvalue weighted by molar-refractivity contribution is 7.92. The fourth-order valence-electron chi connectivity index (χ4n) is 3.39. The molecule has 0 aromatic heterocycles. The lowest BCUT2D eigenvalue weighted by atomic mass is 10.1. The van der Waals surface area contributed by atoms with Gasteiger partial charge in [-0.05, 0) is 55.5 Å². The number of methoxy groups -OCH3 is 2. The smallest absolute Gasteiger partial charge is 0.264 e. The van der Waals surface area contributed by atoms with Gasteiger partial charge in [0.25, 0.3) is 10.0 Å². The molecule has 34 heavy (non-hydrogen) atoms. The Morgan fingerprint density at radius 3 is 2.21 bits per heavy atom. The molecule has 0 heterocycles. The molecule has 1 amide bonds. The number of hydrogen-bond donors (Lipinski definition) is 1. The van der Waals surface area contributed by atoms with Crippen LogP contribution in [0.1, 0.15) is 18.5 Å². The van der Waals surface area contributed by atoms with Gasteiger partial charge in [-0.2, -0.15) is 0 Å². The van der Waals surface area contributed by atoms with Crippen LogP contribution in [0, 0.1) is 0 Å². The van der Waals surface area contributed by atoms with Crippen molar-refractivity contribution in [1.29, 1.82) is 0 Å². The molecule has 10 heteroatoms. The molecule has 0 fully saturated rings. The van der Waals surface area contributed by atoms with Crippen molar-refractivity contribution >= 4 is 44.8 Å². The molecule has 1 atom stereocenters. The third-order valence-electron chi connectivity index (χ3n) is 5.03. The van der Waals surface area contributed by atoms with Crippen molar-refractivity contribution in [2.24, 2.45) is 0 Å². The number of sulfonamides is 1. The van der Waals surface area contributed by atoms with Crippen molar-refractivity contribution in [3.05, 3.63) is 82.3 Å². The zero-order valence-electron chi connectivity index (χ0n) is 18.8. The second-order valence-corrected chi connectivity index (χ2v) is 10.1. The number of amides is 1. The van der Waals surface area contributed by atoms with Crippen LogP contribution in [0.15, 0.2) is 71.6 Å². The van der Waals surface area contributed by atoms with E-state index >= 15 is 0 Å². The fraction of sp³-hybridized carbons (Fsp3) is 0.208. The molecular formula is C24H24Cl2N2O5S. The van der Waals surface area contributed by atoms with Crippen molar-refractivity contribution < 1.29 is 22.7 Å². The van der Waals surface area contributed by atoms with Gasteiger partial charge in [-0.15, -0.1) is 0 Å². The number of ether oxygens (including phenoxy) is 2. The van der Waals surface area contributed by atoms with E-state index in [1.165, 1.54) is 44.6 Å². The van der Waals surface area contributed by atoms with Crippen LogP contribution in [0.2, 0.25) is 10.0 Å². The van der Waals surface area contributed by atoms with Crippen LogP contribution in [-0.2, 0) is 14.8 Å². The van der Waals surface area contributed by atoms with Crippen molar-refractivity contribution in [3.63, 3.8) is 0 Å². The van der Waals surface area contributed by atoms with Gasteiger partial charge in [-0.25, -0.2) is 8.42 Å². The van der Waals surface area contributed by atoms with Gasteiger partial charge in [0.05, 0.1) is 30.8 Å². The molecule has 0 aliphatic carbocycles. The maximum Gasteiger partial charge on any atom is 0.264 e. The van der Waals surface area contributed by atoms with Crippen LogP contribution in [-0.4, -0.2) is 35.1 Å². The largest absolute Gasteiger partial charge is 0.497 e. The number of hydrogen-bond acceptors (Lipinski definition) is 5. The molecule has 0 aliphatic heterocycles. The van der Waals surface area contributed by atoms with E-state index in [1.54, 1.807) is 43.3 Å². The summed E-state index contributed by atoms with van der Waals surface area (Å²) in [5, 5.41) is 3.31. The minimum atomic E-state index is -4.10. The Morgan fingerprint density at radius 1 is 0.971 bits per heavy atom. The summed E-state index contributed by atoms with van der Waals surface area (Å²) < 4.78 is 38.5.